The minimum absolute atomic E-state index is 0. The Balaban J connectivity index is -0.000000640. The average Bonchev–Trinajstić information content (AvgIpc) is 2.20. The minimum atomic E-state index is 0. The third-order valence-electron chi connectivity index (χ3n) is 3.79. The van der Waals surface area contributed by atoms with Crippen molar-refractivity contribution in [2.24, 2.45) is 5.92 Å². The molecule has 2 rings (SSSR count). The van der Waals surface area contributed by atoms with Crippen LogP contribution < -0.4 is 0 Å². The molecule has 0 heterocycles. The van der Waals surface area contributed by atoms with Crippen LogP contribution in [0.25, 0.3) is 0 Å². The molecule has 0 unspecified atom stereocenters. The number of rotatable bonds is 1. The molecule has 1 aliphatic rings. The van der Waals surface area contributed by atoms with Gasteiger partial charge in [0.25, 0.3) is 0 Å². The molecule has 0 aromatic heterocycles. The second kappa shape index (κ2) is 14.0. The summed E-state index contributed by atoms with van der Waals surface area (Å²) >= 11 is 0. The summed E-state index contributed by atoms with van der Waals surface area (Å²) in [4.78, 5) is 0. The zero-order valence-electron chi connectivity index (χ0n) is 12.4. The summed E-state index contributed by atoms with van der Waals surface area (Å²) in [6.45, 7) is 6.71. The van der Waals surface area contributed by atoms with E-state index in [4.69, 9.17) is 0 Å². The van der Waals surface area contributed by atoms with Crippen LogP contribution in [0.15, 0.2) is 12.1 Å². The van der Waals surface area contributed by atoms with Gasteiger partial charge in [-0.3, -0.25) is 0 Å². The summed E-state index contributed by atoms with van der Waals surface area (Å²) in [5.41, 5.74) is 4.18. The Kier molecular flexibility index (Phi) is 20.3. The van der Waals surface area contributed by atoms with Crippen LogP contribution >= 0.6 is 0 Å². The number of hydrogen-bond donors (Lipinski definition) is 0. The molecule has 0 aliphatic heterocycles. The summed E-state index contributed by atoms with van der Waals surface area (Å²) in [7, 11) is 0. The summed E-state index contributed by atoms with van der Waals surface area (Å²) in [6, 6.07) is 7.98. The van der Waals surface area contributed by atoms with Gasteiger partial charge in [0.2, 0.25) is 0 Å². The van der Waals surface area contributed by atoms with Gasteiger partial charge in [-0.25, -0.2) is 0 Å². The Labute approximate surface area is 219 Å². The number of aryl methyl sites for hydroxylation is 2. The summed E-state index contributed by atoms with van der Waals surface area (Å²) in [6.07, 6.45) is 5.55. The van der Waals surface area contributed by atoms with E-state index in [-0.39, 0.29) is 131 Å². The second-order valence-electron chi connectivity index (χ2n) is 5.18. The van der Waals surface area contributed by atoms with E-state index < -0.39 is 0 Å². The van der Waals surface area contributed by atoms with Crippen LogP contribution in [0, 0.1) is 25.8 Å². The van der Waals surface area contributed by atoms with Crippen LogP contribution in [0.4, 0.5) is 0 Å². The number of benzene rings is 1. The molecule has 1 aromatic rings. The first-order chi connectivity index (χ1) is 7.16. The zero-order valence-corrected chi connectivity index (χ0v) is 23.8. The van der Waals surface area contributed by atoms with Crippen molar-refractivity contribution in [3.63, 3.8) is 0 Å². The summed E-state index contributed by atoms with van der Waals surface area (Å²) in [5.74, 6) is 1.74. The molecule has 0 bridgehead atoms. The van der Waals surface area contributed by atoms with Crippen molar-refractivity contribution in [2.45, 2.75) is 52.4 Å². The number of hydrogen-bond acceptors (Lipinski definition) is 0. The van der Waals surface area contributed by atoms with Crippen molar-refractivity contribution in [3.05, 3.63) is 34.9 Å². The molecule has 0 amide bonds. The van der Waals surface area contributed by atoms with Gasteiger partial charge in [0.05, 0.1) is 0 Å². The molecule has 1 aliphatic carbocycles. The smallest absolute Gasteiger partial charge is 0 e. The van der Waals surface area contributed by atoms with Gasteiger partial charge in [0.15, 0.2) is 0 Å². The monoisotopic (exact) mass is 557 g/mol. The van der Waals surface area contributed by atoms with E-state index in [1.807, 2.05) is 0 Å². The molecule has 4 radical (unpaired) electrons. The molecule has 1 aromatic carbocycles. The van der Waals surface area contributed by atoms with Crippen molar-refractivity contribution in [3.8, 4) is 0 Å². The van der Waals surface area contributed by atoms with Crippen molar-refractivity contribution >= 4 is 0 Å². The van der Waals surface area contributed by atoms with E-state index in [2.05, 4.69) is 39.0 Å². The van der Waals surface area contributed by atoms with E-state index in [9.17, 15) is 0 Å². The fraction of sp³-hybridized carbons (Fsp3) is 0.600. The minimum Gasteiger partial charge on any atom is -0.177 e. The fourth-order valence-electron chi connectivity index (χ4n) is 2.76. The van der Waals surface area contributed by atoms with E-state index in [1.54, 1.807) is 5.56 Å². The van der Waals surface area contributed by atoms with Crippen molar-refractivity contribution in [1.82, 2.24) is 0 Å². The third kappa shape index (κ3) is 8.89. The molecular formula is C15H21Y4-. The van der Waals surface area contributed by atoms with Gasteiger partial charge < -0.3 is 0 Å². The van der Waals surface area contributed by atoms with Crippen molar-refractivity contribution in [1.29, 1.82) is 0 Å². The fourth-order valence-corrected chi connectivity index (χ4v) is 2.76. The molecule has 0 saturated heterocycles. The molecule has 0 spiro atoms. The molecule has 1 fully saturated rings. The van der Waals surface area contributed by atoms with Gasteiger partial charge in [-0.15, -0.1) is 5.56 Å². The van der Waals surface area contributed by atoms with E-state index >= 15 is 0 Å². The normalized spacial score (nSPS) is 21.0. The first kappa shape index (κ1) is 27.5. The van der Waals surface area contributed by atoms with Crippen LogP contribution in [-0.4, -0.2) is 0 Å². The van der Waals surface area contributed by atoms with Crippen molar-refractivity contribution < 1.29 is 131 Å². The first-order valence-electron chi connectivity index (χ1n) is 6.16. The van der Waals surface area contributed by atoms with Crippen LogP contribution in [-0.2, 0) is 131 Å². The predicted octanol–water partition coefficient (Wildman–Crippen LogP) is 4.39. The average molecular weight is 557 g/mol. The Hall–Kier alpha value is 3.64. The van der Waals surface area contributed by atoms with E-state index in [0.29, 0.717) is 0 Å². The molecule has 94 valence electrons. The maximum Gasteiger partial charge on any atom is 0 e. The Morgan fingerprint density at radius 2 is 1.42 bits per heavy atom. The molecule has 1 saturated carbocycles. The van der Waals surface area contributed by atoms with Gasteiger partial charge in [0.1, 0.15) is 0 Å². The van der Waals surface area contributed by atoms with E-state index in [0.717, 1.165) is 11.8 Å². The molecule has 0 N–H and O–H groups in total. The largest absolute Gasteiger partial charge is 0.177 e. The van der Waals surface area contributed by atoms with Crippen LogP contribution in [0.3, 0.4) is 0 Å². The first-order valence-corrected chi connectivity index (χ1v) is 6.16. The molecular weight excluding hydrogens is 536 g/mol. The van der Waals surface area contributed by atoms with Gasteiger partial charge >= 0.3 is 0 Å². The SMILES string of the molecule is Cc1[c-]c(C)c(C2CCC(C)CC2)cc1.[Y].[Y].[Y].[Y]. The van der Waals surface area contributed by atoms with Crippen LogP contribution in [0.5, 0.6) is 0 Å². The maximum atomic E-state index is 3.45. The Morgan fingerprint density at radius 1 is 0.895 bits per heavy atom. The second-order valence-corrected chi connectivity index (χ2v) is 5.18. The summed E-state index contributed by atoms with van der Waals surface area (Å²) in [5, 5.41) is 0. The van der Waals surface area contributed by atoms with Crippen LogP contribution in [0.1, 0.15) is 55.2 Å². The molecule has 19 heavy (non-hydrogen) atoms. The Bertz CT molecular complexity index is 344. The Morgan fingerprint density at radius 3 is 1.89 bits per heavy atom. The quantitative estimate of drug-likeness (QED) is 0.450. The van der Waals surface area contributed by atoms with Gasteiger partial charge in [-0.1, -0.05) is 52.4 Å². The van der Waals surface area contributed by atoms with Gasteiger partial charge in [-0.05, 0) is 5.92 Å². The van der Waals surface area contributed by atoms with Crippen molar-refractivity contribution in [2.75, 3.05) is 0 Å². The van der Waals surface area contributed by atoms with Crippen LogP contribution in [0.2, 0.25) is 0 Å². The topological polar surface area (TPSA) is 0 Å². The summed E-state index contributed by atoms with van der Waals surface area (Å²) < 4.78 is 0. The maximum absolute atomic E-state index is 3.45. The molecule has 4 heteroatoms. The van der Waals surface area contributed by atoms with E-state index in [1.165, 1.54) is 36.8 Å². The molecule has 0 nitrogen and oxygen atoms in total. The van der Waals surface area contributed by atoms with Gasteiger partial charge in [0, 0.05) is 131 Å². The standard InChI is InChI=1S/C15H21.4Y/c1-11-4-7-14(8-5-11)15-9-6-12(2)10-13(15)3;;;;/h6,9,11,14H,4-5,7-8H2,1-3H3;;;;/q-1;;;;. The third-order valence-corrected chi connectivity index (χ3v) is 3.79. The predicted molar refractivity (Wildman–Crippen MR) is 65.1 cm³/mol. The van der Waals surface area contributed by atoms with Gasteiger partial charge in [-0.2, -0.15) is 29.3 Å². The molecule has 0 atom stereocenters. The zero-order chi connectivity index (χ0) is 10.8.